The van der Waals surface area contributed by atoms with Crippen molar-refractivity contribution in [2.24, 2.45) is 28.3 Å². The van der Waals surface area contributed by atoms with Gasteiger partial charge in [0.25, 0.3) is 0 Å². The van der Waals surface area contributed by atoms with Crippen molar-refractivity contribution in [2.75, 3.05) is 13.7 Å². The molecule has 2 saturated carbocycles. The second-order valence-electron chi connectivity index (χ2n) is 9.01. The highest BCUT2D eigenvalue weighted by atomic mass is 32.2. The van der Waals surface area contributed by atoms with Crippen molar-refractivity contribution in [1.29, 1.82) is 0 Å². The number of urea groups is 1. The third-order valence-corrected chi connectivity index (χ3v) is 8.03. The number of ketones is 1. The molecular weight excluding hydrogens is 386 g/mol. The Kier molecular flexibility index (Phi) is 5.80. The molecule has 3 aliphatic rings. The van der Waals surface area contributed by atoms with Crippen LogP contribution in [-0.4, -0.2) is 25.5 Å². The molecule has 2 amide bonds. The monoisotopic (exact) mass is 417 g/mol. The highest BCUT2D eigenvalue weighted by Crippen LogP contribution is 2.62. The number of rotatable bonds is 5. The zero-order chi connectivity index (χ0) is 20.6. The standard InChI is InChI=1S/C22H31N3O3S/c1-22-9-7-17-16-6-4-15(28-2)11-13(16)3-5-18(17)20(22)14(12-19(22)26)8-10-24-21(27)25-29-23/h4,6,11,14,17-18,20H,3,5,7-10,12,23H2,1-2H3,(H2,24,25,27)/t14-,17?,18?,20?,22?/m0/s1. The van der Waals surface area contributed by atoms with Crippen LogP contribution < -0.4 is 19.9 Å². The van der Waals surface area contributed by atoms with Crippen LogP contribution in [0.25, 0.3) is 0 Å². The molecule has 0 bridgehead atoms. The minimum Gasteiger partial charge on any atom is -0.497 e. The number of ether oxygens (including phenoxy) is 1. The minimum absolute atomic E-state index is 0.203. The molecule has 3 aliphatic carbocycles. The van der Waals surface area contributed by atoms with Gasteiger partial charge in [0.1, 0.15) is 11.5 Å². The van der Waals surface area contributed by atoms with Crippen LogP contribution in [0.4, 0.5) is 4.79 Å². The Bertz CT molecular complexity index is 802. The predicted molar refractivity (Wildman–Crippen MR) is 114 cm³/mol. The van der Waals surface area contributed by atoms with Crippen LogP contribution in [0, 0.1) is 23.2 Å². The number of carbonyl (C=O) groups is 2. The highest BCUT2D eigenvalue weighted by molar-refractivity contribution is 7.95. The van der Waals surface area contributed by atoms with E-state index in [0.29, 0.717) is 42.4 Å². The van der Waals surface area contributed by atoms with Crippen molar-refractivity contribution < 1.29 is 14.3 Å². The maximum Gasteiger partial charge on any atom is 0.325 e. The molecule has 4 N–H and O–H groups in total. The number of carbonyl (C=O) groups excluding carboxylic acids is 2. The Morgan fingerprint density at radius 2 is 2.21 bits per heavy atom. The highest BCUT2D eigenvalue weighted by Gasteiger charge is 2.58. The number of nitrogens with two attached hydrogens (primary N) is 1. The molecule has 0 heterocycles. The van der Waals surface area contributed by atoms with Gasteiger partial charge in [-0.1, -0.05) is 13.0 Å². The lowest BCUT2D eigenvalue weighted by Crippen LogP contribution is -2.44. The second-order valence-corrected chi connectivity index (χ2v) is 9.45. The lowest BCUT2D eigenvalue weighted by Gasteiger charge is -2.50. The van der Waals surface area contributed by atoms with E-state index < -0.39 is 0 Å². The van der Waals surface area contributed by atoms with Crippen LogP contribution in [-0.2, 0) is 11.2 Å². The average molecular weight is 418 g/mol. The molecule has 1 aromatic carbocycles. The number of hydrogen-bond acceptors (Lipinski definition) is 5. The SMILES string of the molecule is COc1ccc2c(c1)CCC1C2CCC2(C)C(=O)C[C@H](CCNC(=O)NSN)C12. The van der Waals surface area contributed by atoms with E-state index in [9.17, 15) is 9.59 Å². The van der Waals surface area contributed by atoms with Gasteiger partial charge in [-0.15, -0.1) is 0 Å². The van der Waals surface area contributed by atoms with Gasteiger partial charge in [-0.3, -0.25) is 14.7 Å². The van der Waals surface area contributed by atoms with Gasteiger partial charge in [-0.2, -0.15) is 0 Å². The summed E-state index contributed by atoms with van der Waals surface area (Å²) < 4.78 is 7.90. The summed E-state index contributed by atoms with van der Waals surface area (Å²) in [7, 11) is 1.72. The van der Waals surface area contributed by atoms with Gasteiger partial charge in [0, 0.05) is 30.5 Å². The molecule has 2 fully saturated rings. The zero-order valence-electron chi connectivity index (χ0n) is 17.2. The number of benzene rings is 1. The largest absolute Gasteiger partial charge is 0.497 e. The number of Topliss-reactive ketones (excluding diaryl/α,β-unsaturated/α-hetero) is 1. The molecule has 0 radical (unpaired) electrons. The normalized spacial score (nSPS) is 32.7. The first-order valence-corrected chi connectivity index (χ1v) is 11.5. The zero-order valence-corrected chi connectivity index (χ0v) is 18.0. The summed E-state index contributed by atoms with van der Waals surface area (Å²) in [6.07, 6.45) is 5.73. The number of fused-ring (bicyclic) bond motifs is 5. The Hall–Kier alpha value is -1.73. The lowest BCUT2D eigenvalue weighted by molar-refractivity contribution is -0.129. The summed E-state index contributed by atoms with van der Waals surface area (Å²) in [6, 6.07) is 6.24. The van der Waals surface area contributed by atoms with Crippen molar-refractivity contribution in [3.8, 4) is 5.75 Å². The third-order valence-electron chi connectivity index (χ3n) is 7.73. The van der Waals surface area contributed by atoms with E-state index in [1.54, 1.807) is 7.11 Å². The molecule has 0 saturated heterocycles. The van der Waals surface area contributed by atoms with Crippen molar-refractivity contribution in [2.45, 2.75) is 51.4 Å². The smallest absolute Gasteiger partial charge is 0.325 e. The van der Waals surface area contributed by atoms with Gasteiger partial charge in [-0.25, -0.2) is 4.79 Å². The van der Waals surface area contributed by atoms with Crippen molar-refractivity contribution in [3.63, 3.8) is 0 Å². The third kappa shape index (κ3) is 3.63. The number of methoxy groups -OCH3 is 1. The fourth-order valence-electron chi connectivity index (χ4n) is 6.47. The van der Waals surface area contributed by atoms with E-state index in [2.05, 4.69) is 35.2 Å². The van der Waals surface area contributed by atoms with Crippen molar-refractivity contribution >= 4 is 23.9 Å². The predicted octanol–water partition coefficient (Wildman–Crippen LogP) is 3.56. The summed E-state index contributed by atoms with van der Waals surface area (Å²) >= 11 is 0.796. The molecule has 1 aromatic rings. The molecule has 158 valence electrons. The van der Waals surface area contributed by atoms with Crippen LogP contribution in [0.2, 0.25) is 0 Å². The number of aryl methyl sites for hydroxylation is 1. The van der Waals surface area contributed by atoms with Gasteiger partial charge >= 0.3 is 6.03 Å². The topological polar surface area (TPSA) is 93.4 Å². The van der Waals surface area contributed by atoms with Gasteiger partial charge < -0.3 is 10.1 Å². The van der Waals surface area contributed by atoms with Crippen LogP contribution in [0.15, 0.2) is 18.2 Å². The van der Waals surface area contributed by atoms with E-state index in [-0.39, 0.29) is 11.4 Å². The lowest BCUT2D eigenvalue weighted by atomic mass is 9.54. The van der Waals surface area contributed by atoms with Crippen LogP contribution >= 0.6 is 12.1 Å². The molecule has 29 heavy (non-hydrogen) atoms. The maximum absolute atomic E-state index is 13.0. The van der Waals surface area contributed by atoms with Gasteiger partial charge in [-0.05, 0) is 79.0 Å². The van der Waals surface area contributed by atoms with Crippen molar-refractivity contribution in [3.05, 3.63) is 29.3 Å². The van der Waals surface area contributed by atoms with Crippen LogP contribution in [0.5, 0.6) is 5.75 Å². The molecule has 0 aliphatic heterocycles. The Morgan fingerprint density at radius 3 is 2.97 bits per heavy atom. The Labute approximate surface area is 177 Å². The molecule has 5 atom stereocenters. The van der Waals surface area contributed by atoms with Crippen LogP contribution in [0.3, 0.4) is 0 Å². The molecule has 7 heteroatoms. The summed E-state index contributed by atoms with van der Waals surface area (Å²) in [6.45, 7) is 2.77. The molecule has 0 aromatic heterocycles. The first-order chi connectivity index (χ1) is 14.0. The summed E-state index contributed by atoms with van der Waals surface area (Å²) in [5.41, 5.74) is 2.66. The first kappa shape index (κ1) is 20.5. The number of nitrogens with one attached hydrogen (secondary N) is 2. The summed E-state index contributed by atoms with van der Waals surface area (Å²) in [4.78, 5) is 24.7. The van der Waals surface area contributed by atoms with Gasteiger partial charge in [0.2, 0.25) is 0 Å². The quantitative estimate of drug-likeness (QED) is 0.637. The van der Waals surface area contributed by atoms with E-state index >= 15 is 0 Å². The van der Waals surface area contributed by atoms with Gasteiger partial charge in [0.15, 0.2) is 0 Å². The maximum atomic E-state index is 13.0. The van der Waals surface area contributed by atoms with E-state index in [4.69, 9.17) is 9.88 Å². The molecule has 4 rings (SSSR count). The summed E-state index contributed by atoms with van der Waals surface area (Å²) in [5, 5.41) is 8.13. The Morgan fingerprint density at radius 1 is 1.38 bits per heavy atom. The Balaban J connectivity index is 1.53. The molecule has 4 unspecified atom stereocenters. The van der Waals surface area contributed by atoms with E-state index in [1.165, 1.54) is 11.1 Å². The van der Waals surface area contributed by atoms with Gasteiger partial charge in [0.05, 0.1) is 7.11 Å². The molecule has 6 nitrogen and oxygen atoms in total. The minimum atomic E-state index is -0.272. The first-order valence-electron chi connectivity index (χ1n) is 10.6. The molecule has 0 spiro atoms. The second kappa shape index (κ2) is 8.19. The number of amides is 2. The fraction of sp³-hybridized carbons (Fsp3) is 0.636. The van der Waals surface area contributed by atoms with E-state index in [1.807, 2.05) is 0 Å². The van der Waals surface area contributed by atoms with Crippen molar-refractivity contribution in [1.82, 2.24) is 10.0 Å². The molecular formula is C22H31N3O3S. The fourth-order valence-corrected chi connectivity index (χ4v) is 6.65. The number of hydrogen-bond donors (Lipinski definition) is 3. The van der Waals surface area contributed by atoms with E-state index in [0.717, 1.165) is 50.0 Å². The summed E-state index contributed by atoms with van der Waals surface area (Å²) in [5.74, 6) is 3.16. The van der Waals surface area contributed by atoms with Crippen LogP contribution in [0.1, 0.15) is 56.1 Å². The average Bonchev–Trinajstić information content (AvgIpc) is 2.97.